The van der Waals surface area contributed by atoms with Crippen molar-refractivity contribution in [3.8, 4) is 5.75 Å². The number of hydrogen-bond donors (Lipinski definition) is 1. The Labute approximate surface area is 136 Å². The normalized spacial score (nSPS) is 10.4. The number of ether oxygens (including phenoxy) is 1. The van der Waals surface area contributed by atoms with E-state index in [9.17, 15) is 0 Å². The molecular formula is C16H17Br2NO. The minimum Gasteiger partial charge on any atom is -0.496 e. The first-order valence-electron chi connectivity index (χ1n) is 6.48. The summed E-state index contributed by atoms with van der Waals surface area (Å²) in [7, 11) is 1.70. The van der Waals surface area contributed by atoms with Crippen LogP contribution in [0, 0.1) is 0 Å². The maximum Gasteiger partial charge on any atom is 0.123 e. The van der Waals surface area contributed by atoms with E-state index < -0.39 is 0 Å². The van der Waals surface area contributed by atoms with E-state index in [1.165, 1.54) is 5.56 Å². The van der Waals surface area contributed by atoms with Crippen LogP contribution in [0.3, 0.4) is 0 Å². The highest BCUT2D eigenvalue weighted by Crippen LogP contribution is 2.26. The molecule has 4 heteroatoms. The zero-order chi connectivity index (χ0) is 14.5. The molecule has 0 radical (unpaired) electrons. The summed E-state index contributed by atoms with van der Waals surface area (Å²) in [6.45, 7) is 2.89. The van der Waals surface area contributed by atoms with Crippen molar-refractivity contribution in [1.82, 2.24) is 0 Å². The van der Waals surface area contributed by atoms with Gasteiger partial charge in [0.25, 0.3) is 0 Å². The van der Waals surface area contributed by atoms with Crippen LogP contribution < -0.4 is 10.1 Å². The number of rotatable bonds is 5. The summed E-state index contributed by atoms with van der Waals surface area (Å²) in [5.41, 5.74) is 3.60. The summed E-state index contributed by atoms with van der Waals surface area (Å²) in [4.78, 5) is 0. The predicted octanol–water partition coefficient (Wildman–Crippen LogP) is 5.39. The summed E-state index contributed by atoms with van der Waals surface area (Å²) in [5.74, 6) is 0.899. The monoisotopic (exact) mass is 397 g/mol. The molecule has 0 atom stereocenters. The van der Waals surface area contributed by atoms with E-state index >= 15 is 0 Å². The summed E-state index contributed by atoms with van der Waals surface area (Å²) in [5, 5.41) is 3.49. The van der Waals surface area contributed by atoms with Gasteiger partial charge < -0.3 is 10.1 Å². The van der Waals surface area contributed by atoms with Gasteiger partial charge in [-0.05, 0) is 48.4 Å². The molecule has 0 saturated heterocycles. The fourth-order valence-corrected chi connectivity index (χ4v) is 2.92. The summed E-state index contributed by atoms with van der Waals surface area (Å²) in [6.07, 6.45) is 0.997. The molecular weight excluding hydrogens is 382 g/mol. The van der Waals surface area contributed by atoms with Gasteiger partial charge in [0, 0.05) is 26.7 Å². The maximum atomic E-state index is 5.40. The molecule has 0 fully saturated rings. The van der Waals surface area contributed by atoms with Crippen LogP contribution in [0.25, 0.3) is 0 Å². The third-order valence-corrected chi connectivity index (χ3v) is 4.15. The molecule has 0 aliphatic carbocycles. The first-order valence-corrected chi connectivity index (χ1v) is 8.07. The Bertz CT molecular complexity index is 599. The van der Waals surface area contributed by atoms with E-state index in [1.54, 1.807) is 7.11 Å². The van der Waals surface area contributed by atoms with Crippen LogP contribution in [-0.2, 0) is 13.0 Å². The van der Waals surface area contributed by atoms with Gasteiger partial charge in [-0.15, -0.1) is 0 Å². The van der Waals surface area contributed by atoms with Crippen molar-refractivity contribution in [2.45, 2.75) is 19.9 Å². The second-order valence-corrected chi connectivity index (χ2v) is 6.30. The number of halogens is 2. The molecule has 0 aliphatic rings. The highest BCUT2D eigenvalue weighted by atomic mass is 79.9. The molecule has 0 unspecified atom stereocenters. The van der Waals surface area contributed by atoms with Crippen molar-refractivity contribution in [3.05, 3.63) is 56.5 Å². The lowest BCUT2D eigenvalue weighted by Gasteiger charge is -2.14. The number of nitrogens with one attached hydrogen (secondary N) is 1. The molecule has 0 saturated carbocycles. The third kappa shape index (κ3) is 3.76. The maximum absolute atomic E-state index is 5.40. The first kappa shape index (κ1) is 15.4. The first-order chi connectivity index (χ1) is 9.63. The van der Waals surface area contributed by atoms with E-state index in [2.05, 4.69) is 68.4 Å². The molecule has 20 heavy (non-hydrogen) atoms. The van der Waals surface area contributed by atoms with Gasteiger partial charge in [-0.3, -0.25) is 0 Å². The lowest BCUT2D eigenvalue weighted by Crippen LogP contribution is -2.04. The summed E-state index contributed by atoms with van der Waals surface area (Å²) < 4.78 is 7.56. The van der Waals surface area contributed by atoms with Crippen molar-refractivity contribution in [2.75, 3.05) is 12.4 Å². The van der Waals surface area contributed by atoms with Crippen molar-refractivity contribution < 1.29 is 4.74 Å². The minimum absolute atomic E-state index is 0.733. The SMILES string of the molecule is CCc1cc(Br)ccc1NCc1cc(Br)ccc1OC. The molecule has 2 aromatic carbocycles. The molecule has 2 nitrogen and oxygen atoms in total. The van der Waals surface area contributed by atoms with Crippen LogP contribution in [0.1, 0.15) is 18.1 Å². The Balaban J connectivity index is 2.18. The number of methoxy groups -OCH3 is 1. The van der Waals surface area contributed by atoms with Gasteiger partial charge in [-0.1, -0.05) is 38.8 Å². The van der Waals surface area contributed by atoms with E-state index in [-0.39, 0.29) is 0 Å². The number of aryl methyl sites for hydroxylation is 1. The predicted molar refractivity (Wildman–Crippen MR) is 91.5 cm³/mol. The Morgan fingerprint density at radius 1 is 1.00 bits per heavy atom. The lowest BCUT2D eigenvalue weighted by molar-refractivity contribution is 0.410. The van der Waals surface area contributed by atoms with Crippen LogP contribution in [0.2, 0.25) is 0 Å². The zero-order valence-corrected chi connectivity index (χ0v) is 14.7. The molecule has 0 bridgehead atoms. The van der Waals surface area contributed by atoms with Crippen LogP contribution in [0.5, 0.6) is 5.75 Å². The topological polar surface area (TPSA) is 21.3 Å². The average molecular weight is 399 g/mol. The van der Waals surface area contributed by atoms with E-state index in [4.69, 9.17) is 4.74 Å². The second kappa shape index (κ2) is 7.14. The van der Waals surface area contributed by atoms with Crippen molar-refractivity contribution in [2.24, 2.45) is 0 Å². The van der Waals surface area contributed by atoms with Gasteiger partial charge in [-0.25, -0.2) is 0 Å². The number of hydrogen-bond acceptors (Lipinski definition) is 2. The Hall–Kier alpha value is -1.00. The number of anilines is 1. The van der Waals surface area contributed by atoms with Gasteiger partial charge in [0.1, 0.15) is 5.75 Å². The van der Waals surface area contributed by atoms with E-state index in [1.807, 2.05) is 12.1 Å². The Kier molecular flexibility index (Phi) is 5.49. The largest absolute Gasteiger partial charge is 0.496 e. The van der Waals surface area contributed by atoms with Gasteiger partial charge in [0.05, 0.1) is 7.11 Å². The van der Waals surface area contributed by atoms with Crippen molar-refractivity contribution in [3.63, 3.8) is 0 Å². The van der Waals surface area contributed by atoms with Crippen molar-refractivity contribution in [1.29, 1.82) is 0 Å². The van der Waals surface area contributed by atoms with Crippen LogP contribution in [0.4, 0.5) is 5.69 Å². The zero-order valence-electron chi connectivity index (χ0n) is 11.5. The molecule has 106 valence electrons. The third-order valence-electron chi connectivity index (χ3n) is 3.16. The molecule has 1 N–H and O–H groups in total. The van der Waals surface area contributed by atoms with Crippen molar-refractivity contribution >= 4 is 37.5 Å². The van der Waals surface area contributed by atoms with E-state index in [0.717, 1.165) is 38.9 Å². The van der Waals surface area contributed by atoms with Crippen LogP contribution >= 0.6 is 31.9 Å². The molecule has 0 aliphatic heterocycles. The fraction of sp³-hybridized carbons (Fsp3) is 0.250. The summed E-state index contributed by atoms with van der Waals surface area (Å²) >= 11 is 7.01. The lowest BCUT2D eigenvalue weighted by atomic mass is 10.1. The fourth-order valence-electron chi connectivity index (χ4n) is 2.10. The van der Waals surface area contributed by atoms with Crippen LogP contribution in [-0.4, -0.2) is 7.11 Å². The summed E-state index contributed by atoms with van der Waals surface area (Å²) in [6, 6.07) is 12.4. The smallest absolute Gasteiger partial charge is 0.123 e. The Morgan fingerprint density at radius 2 is 1.65 bits per heavy atom. The second-order valence-electron chi connectivity index (χ2n) is 4.46. The highest BCUT2D eigenvalue weighted by Gasteiger charge is 2.06. The standard InChI is InChI=1S/C16H17Br2NO/c1-3-11-8-13(17)4-6-15(11)19-10-12-9-14(18)5-7-16(12)20-2/h4-9,19H,3,10H2,1-2H3. The van der Waals surface area contributed by atoms with Gasteiger partial charge >= 0.3 is 0 Å². The van der Waals surface area contributed by atoms with Gasteiger partial charge in [0.15, 0.2) is 0 Å². The Morgan fingerprint density at radius 3 is 2.30 bits per heavy atom. The van der Waals surface area contributed by atoms with Gasteiger partial charge in [0.2, 0.25) is 0 Å². The highest BCUT2D eigenvalue weighted by molar-refractivity contribution is 9.10. The van der Waals surface area contributed by atoms with Gasteiger partial charge in [-0.2, -0.15) is 0 Å². The molecule has 0 amide bonds. The molecule has 2 aromatic rings. The average Bonchev–Trinajstić information content (AvgIpc) is 2.46. The quantitative estimate of drug-likeness (QED) is 0.728. The van der Waals surface area contributed by atoms with E-state index in [0.29, 0.717) is 0 Å². The molecule has 0 heterocycles. The minimum atomic E-state index is 0.733. The molecule has 0 spiro atoms. The number of benzene rings is 2. The molecule has 2 rings (SSSR count). The molecule has 0 aromatic heterocycles. The van der Waals surface area contributed by atoms with Crippen LogP contribution in [0.15, 0.2) is 45.3 Å².